The first-order chi connectivity index (χ1) is 17.1. The molecule has 2 aliphatic heterocycles. The zero-order chi connectivity index (χ0) is 25.9. The summed E-state index contributed by atoms with van der Waals surface area (Å²) in [6.07, 6.45) is 3.18. The molecule has 36 heavy (non-hydrogen) atoms. The number of ether oxygens (including phenoxy) is 1. The lowest BCUT2D eigenvalue weighted by Crippen LogP contribution is -2.43. The van der Waals surface area contributed by atoms with E-state index >= 15 is 0 Å². The molecule has 2 aromatic carbocycles. The predicted octanol–water partition coefficient (Wildman–Crippen LogP) is 4.42. The van der Waals surface area contributed by atoms with Crippen molar-refractivity contribution in [1.29, 1.82) is 0 Å². The Morgan fingerprint density at radius 3 is 2.36 bits per heavy atom. The normalized spacial score (nSPS) is 19.4. The minimum Gasteiger partial charge on any atom is -0.493 e. The molecule has 6 nitrogen and oxygen atoms in total. The van der Waals surface area contributed by atoms with Crippen molar-refractivity contribution >= 4 is 11.8 Å². The maximum absolute atomic E-state index is 14.9. The van der Waals surface area contributed by atoms with Crippen LogP contribution in [0.15, 0.2) is 42.5 Å². The van der Waals surface area contributed by atoms with Crippen molar-refractivity contribution in [2.24, 2.45) is 11.7 Å². The molecule has 0 saturated carbocycles. The van der Waals surface area contributed by atoms with Crippen LogP contribution in [-0.2, 0) is 4.79 Å². The third-order valence-electron chi connectivity index (χ3n) is 7.02. The zero-order valence-electron chi connectivity index (χ0n) is 21.0. The van der Waals surface area contributed by atoms with Crippen LogP contribution in [-0.4, -0.2) is 66.1 Å². The number of rotatable bonds is 8. The van der Waals surface area contributed by atoms with Crippen molar-refractivity contribution in [3.05, 3.63) is 53.8 Å². The Kier molecular flexibility index (Phi) is 7.93. The van der Waals surface area contributed by atoms with Crippen LogP contribution in [0.1, 0.15) is 49.9 Å². The number of halogens is 2. The minimum atomic E-state index is -1.18. The first kappa shape index (κ1) is 26.1. The van der Waals surface area contributed by atoms with Gasteiger partial charge in [-0.25, -0.2) is 8.78 Å². The molecule has 0 radical (unpaired) electrons. The first-order valence-corrected chi connectivity index (χ1v) is 12.6. The summed E-state index contributed by atoms with van der Waals surface area (Å²) in [6.45, 7) is 6.46. The maximum Gasteiger partial charge on any atom is 0.254 e. The molecular formula is C28H35F2N3O3. The number of hydrogen-bond donors (Lipinski definition) is 1. The Bertz CT molecular complexity index is 1080. The van der Waals surface area contributed by atoms with Crippen molar-refractivity contribution in [3.63, 3.8) is 0 Å². The number of piperidine rings is 1. The summed E-state index contributed by atoms with van der Waals surface area (Å²) in [4.78, 5) is 28.0. The van der Waals surface area contributed by atoms with Crippen LogP contribution in [0.3, 0.4) is 0 Å². The number of benzene rings is 2. The number of nitrogens with zero attached hydrogens (tertiary/aromatic N) is 2. The molecule has 0 spiro atoms. The standard InChI is InChI=1S/C28H35F2N3O3/c1-28(2,30)18-32-14-11-19(12-15-32)17-36-22-8-5-20(6-9-22)23-10-7-21(16-24(23)29)27(35)33-13-3-4-25(33)26(31)34/h5-10,16,19,25H,3-4,11-15,17-18H2,1-2H3,(H2,31,34)/t25-/m0/s1. The highest BCUT2D eigenvalue weighted by atomic mass is 19.1. The SMILES string of the molecule is CC(C)(F)CN1CCC(COc2ccc(-c3ccc(C(=O)N4CCC[C@H]4C(N)=O)cc3F)cc2)CC1. The molecule has 4 rings (SSSR count). The second-order valence-corrected chi connectivity index (χ2v) is 10.5. The van der Waals surface area contributed by atoms with E-state index in [1.165, 1.54) is 11.0 Å². The molecule has 0 aromatic heterocycles. The highest BCUT2D eigenvalue weighted by Crippen LogP contribution is 2.28. The summed E-state index contributed by atoms with van der Waals surface area (Å²) in [5.74, 6) is -0.287. The van der Waals surface area contributed by atoms with E-state index in [2.05, 4.69) is 4.90 Å². The summed E-state index contributed by atoms with van der Waals surface area (Å²) in [7, 11) is 0. The highest BCUT2D eigenvalue weighted by molar-refractivity contribution is 5.98. The molecule has 2 N–H and O–H groups in total. The van der Waals surface area contributed by atoms with E-state index in [4.69, 9.17) is 10.5 Å². The van der Waals surface area contributed by atoms with Gasteiger partial charge in [0.15, 0.2) is 0 Å². The number of likely N-dealkylation sites (tertiary alicyclic amines) is 2. The molecule has 2 aliphatic rings. The molecule has 0 aliphatic carbocycles. The molecule has 194 valence electrons. The quantitative estimate of drug-likeness (QED) is 0.583. The van der Waals surface area contributed by atoms with E-state index in [9.17, 15) is 18.4 Å². The Hall–Kier alpha value is -3.00. The minimum absolute atomic E-state index is 0.200. The zero-order valence-corrected chi connectivity index (χ0v) is 21.0. The van der Waals surface area contributed by atoms with Gasteiger partial charge in [0.25, 0.3) is 5.91 Å². The van der Waals surface area contributed by atoms with E-state index in [1.807, 2.05) is 12.1 Å². The van der Waals surface area contributed by atoms with Crippen molar-refractivity contribution < 1.29 is 23.1 Å². The third kappa shape index (κ3) is 6.40. The van der Waals surface area contributed by atoms with E-state index in [0.717, 1.165) is 25.9 Å². The van der Waals surface area contributed by atoms with E-state index in [1.54, 1.807) is 38.1 Å². The number of primary amides is 1. The van der Waals surface area contributed by atoms with Gasteiger partial charge in [-0.15, -0.1) is 0 Å². The lowest BCUT2D eigenvalue weighted by atomic mass is 9.97. The van der Waals surface area contributed by atoms with Crippen LogP contribution in [0.25, 0.3) is 11.1 Å². The Balaban J connectivity index is 1.32. The number of hydrogen-bond acceptors (Lipinski definition) is 4. The van der Waals surface area contributed by atoms with Gasteiger partial charge in [-0.05, 0) is 88.4 Å². The Morgan fingerprint density at radius 1 is 1.06 bits per heavy atom. The summed E-state index contributed by atoms with van der Waals surface area (Å²) in [6, 6.07) is 11.0. The van der Waals surface area contributed by atoms with Crippen LogP contribution >= 0.6 is 0 Å². The molecule has 2 saturated heterocycles. The predicted molar refractivity (Wildman–Crippen MR) is 135 cm³/mol. The van der Waals surface area contributed by atoms with Gasteiger partial charge in [0, 0.05) is 24.2 Å². The van der Waals surface area contributed by atoms with Crippen molar-refractivity contribution in [1.82, 2.24) is 9.80 Å². The third-order valence-corrected chi connectivity index (χ3v) is 7.02. The topological polar surface area (TPSA) is 75.9 Å². The van der Waals surface area contributed by atoms with Crippen molar-refractivity contribution in [2.75, 3.05) is 32.8 Å². The van der Waals surface area contributed by atoms with Gasteiger partial charge in [-0.1, -0.05) is 18.2 Å². The van der Waals surface area contributed by atoms with Gasteiger partial charge in [0.2, 0.25) is 5.91 Å². The maximum atomic E-state index is 14.9. The second kappa shape index (κ2) is 10.9. The smallest absolute Gasteiger partial charge is 0.254 e. The van der Waals surface area contributed by atoms with Crippen LogP contribution < -0.4 is 10.5 Å². The number of carbonyl (C=O) groups is 2. The fourth-order valence-corrected chi connectivity index (χ4v) is 5.14. The summed E-state index contributed by atoms with van der Waals surface area (Å²) >= 11 is 0. The number of alkyl halides is 1. The summed E-state index contributed by atoms with van der Waals surface area (Å²) in [5.41, 5.74) is 5.49. The van der Waals surface area contributed by atoms with Gasteiger partial charge in [0.05, 0.1) is 6.61 Å². The molecule has 2 aromatic rings. The number of nitrogens with two attached hydrogens (primary N) is 1. The summed E-state index contributed by atoms with van der Waals surface area (Å²) in [5, 5.41) is 0. The molecule has 0 unspecified atom stereocenters. The van der Waals surface area contributed by atoms with Crippen LogP contribution in [0.4, 0.5) is 8.78 Å². The van der Waals surface area contributed by atoms with Gasteiger partial charge in [0.1, 0.15) is 23.3 Å². The Morgan fingerprint density at radius 2 is 1.75 bits per heavy atom. The van der Waals surface area contributed by atoms with Crippen molar-refractivity contribution in [3.8, 4) is 16.9 Å². The fourth-order valence-electron chi connectivity index (χ4n) is 5.14. The molecule has 8 heteroatoms. The highest BCUT2D eigenvalue weighted by Gasteiger charge is 2.33. The average molecular weight is 500 g/mol. The lowest BCUT2D eigenvalue weighted by Gasteiger charge is -2.34. The molecule has 2 amide bonds. The van der Waals surface area contributed by atoms with Gasteiger partial charge >= 0.3 is 0 Å². The molecule has 2 fully saturated rings. The molecule has 1 atom stereocenters. The van der Waals surface area contributed by atoms with Crippen LogP contribution in [0.2, 0.25) is 0 Å². The van der Waals surface area contributed by atoms with Crippen LogP contribution in [0, 0.1) is 11.7 Å². The molecular weight excluding hydrogens is 464 g/mol. The van der Waals surface area contributed by atoms with E-state index in [-0.39, 0.29) is 11.5 Å². The van der Waals surface area contributed by atoms with Gasteiger partial charge < -0.3 is 20.3 Å². The monoisotopic (exact) mass is 499 g/mol. The average Bonchev–Trinajstić information content (AvgIpc) is 3.33. The lowest BCUT2D eigenvalue weighted by molar-refractivity contribution is -0.121. The number of amides is 2. The van der Waals surface area contributed by atoms with Gasteiger partial charge in [-0.3, -0.25) is 9.59 Å². The number of carbonyl (C=O) groups excluding carboxylic acids is 2. The molecule has 0 bridgehead atoms. The van der Waals surface area contributed by atoms with Crippen molar-refractivity contribution in [2.45, 2.75) is 51.2 Å². The largest absolute Gasteiger partial charge is 0.493 e. The Labute approximate surface area is 211 Å². The van der Waals surface area contributed by atoms with E-state index in [0.29, 0.717) is 55.3 Å². The van der Waals surface area contributed by atoms with Gasteiger partial charge in [-0.2, -0.15) is 0 Å². The second-order valence-electron chi connectivity index (χ2n) is 10.5. The van der Waals surface area contributed by atoms with E-state index < -0.39 is 23.4 Å². The first-order valence-electron chi connectivity index (χ1n) is 12.6. The summed E-state index contributed by atoms with van der Waals surface area (Å²) < 4.78 is 34.8. The van der Waals surface area contributed by atoms with Crippen LogP contribution in [0.5, 0.6) is 5.75 Å². The fraction of sp³-hybridized carbons (Fsp3) is 0.500. The molecule has 2 heterocycles.